The molecule has 0 amide bonds. The number of rotatable bonds is 6. The Morgan fingerprint density at radius 1 is 1.52 bits per heavy atom. The highest BCUT2D eigenvalue weighted by Gasteiger charge is 2.19. The van der Waals surface area contributed by atoms with Gasteiger partial charge in [0.1, 0.15) is 11.8 Å². The van der Waals surface area contributed by atoms with Crippen molar-refractivity contribution in [3.05, 3.63) is 23.0 Å². The number of aryl methyl sites for hydroxylation is 1. The lowest BCUT2D eigenvalue weighted by Crippen LogP contribution is -2.22. The highest BCUT2D eigenvalue weighted by molar-refractivity contribution is 5.88. The topological polar surface area (TPSA) is 92.0 Å². The molecule has 0 aliphatic heterocycles. The summed E-state index contributed by atoms with van der Waals surface area (Å²) in [5, 5.41) is 19.3. The molecule has 0 bridgehead atoms. The first kappa shape index (κ1) is 17.1. The van der Waals surface area contributed by atoms with Gasteiger partial charge in [0.25, 0.3) is 0 Å². The van der Waals surface area contributed by atoms with Gasteiger partial charge in [-0.05, 0) is 19.3 Å². The van der Waals surface area contributed by atoms with E-state index in [1.807, 2.05) is 13.8 Å². The molecule has 6 heteroatoms. The van der Waals surface area contributed by atoms with Crippen LogP contribution in [0.1, 0.15) is 37.1 Å². The zero-order valence-electron chi connectivity index (χ0n) is 12.8. The van der Waals surface area contributed by atoms with E-state index in [1.54, 1.807) is 6.92 Å². The number of pyridine rings is 1. The molecular weight excluding hydrogens is 272 g/mol. The molecule has 1 rings (SSSR count). The molecule has 0 unspecified atom stereocenters. The Labute approximate surface area is 124 Å². The van der Waals surface area contributed by atoms with Crippen molar-refractivity contribution in [2.45, 2.75) is 39.8 Å². The van der Waals surface area contributed by atoms with E-state index >= 15 is 0 Å². The number of nitrogens with zero attached hydrogens (tertiary/aromatic N) is 2. The third-order valence-electron chi connectivity index (χ3n) is 3.08. The van der Waals surface area contributed by atoms with Crippen molar-refractivity contribution in [3.63, 3.8) is 0 Å². The van der Waals surface area contributed by atoms with Gasteiger partial charge in [-0.1, -0.05) is 13.8 Å². The summed E-state index contributed by atoms with van der Waals surface area (Å²) in [5.74, 6) is -0.189. The zero-order valence-corrected chi connectivity index (χ0v) is 12.8. The minimum Gasteiger partial charge on any atom is -0.505 e. The first-order valence-electron chi connectivity index (χ1n) is 6.80. The van der Waals surface area contributed by atoms with Crippen LogP contribution in [-0.4, -0.2) is 40.5 Å². The normalized spacial score (nSPS) is 12.9. The Morgan fingerprint density at radius 2 is 2.19 bits per heavy atom. The number of esters is 1. The molecule has 2 N–H and O–H groups in total. The highest BCUT2D eigenvalue weighted by atomic mass is 16.5. The number of methoxy groups -OCH3 is 1. The molecule has 21 heavy (non-hydrogen) atoms. The second-order valence-corrected chi connectivity index (χ2v) is 5.24. The van der Waals surface area contributed by atoms with E-state index in [0.29, 0.717) is 23.2 Å². The van der Waals surface area contributed by atoms with Crippen molar-refractivity contribution >= 4 is 12.2 Å². The van der Waals surface area contributed by atoms with Gasteiger partial charge in [-0.25, -0.2) is 4.79 Å². The molecular formula is C15H22N2O4. The average Bonchev–Trinajstić information content (AvgIpc) is 2.46. The van der Waals surface area contributed by atoms with Crippen LogP contribution in [0.3, 0.4) is 0 Å². The summed E-state index contributed by atoms with van der Waals surface area (Å²) in [6.45, 7) is 5.35. The van der Waals surface area contributed by atoms with Gasteiger partial charge in [-0.15, -0.1) is 0 Å². The second kappa shape index (κ2) is 7.73. The fourth-order valence-corrected chi connectivity index (χ4v) is 1.89. The molecule has 116 valence electrons. The van der Waals surface area contributed by atoms with E-state index in [-0.39, 0.29) is 18.3 Å². The number of hydrogen-bond donors (Lipinski definition) is 2. The van der Waals surface area contributed by atoms with Gasteiger partial charge in [-0.2, -0.15) is 0 Å². The summed E-state index contributed by atoms with van der Waals surface area (Å²) in [7, 11) is 1.32. The predicted molar refractivity (Wildman–Crippen MR) is 79.4 cm³/mol. The molecule has 0 aliphatic rings. The molecule has 0 saturated heterocycles. The molecule has 1 heterocycles. The van der Waals surface area contributed by atoms with E-state index in [2.05, 4.69) is 9.98 Å². The fraction of sp³-hybridized carbons (Fsp3) is 0.533. The van der Waals surface area contributed by atoms with Gasteiger partial charge < -0.3 is 14.9 Å². The fourth-order valence-electron chi connectivity index (χ4n) is 1.89. The van der Waals surface area contributed by atoms with Crippen LogP contribution < -0.4 is 0 Å². The number of aliphatic hydroxyl groups excluding tert-OH is 1. The lowest BCUT2D eigenvalue weighted by atomic mass is 10.0. The van der Waals surface area contributed by atoms with Crippen molar-refractivity contribution in [1.82, 2.24) is 4.98 Å². The summed E-state index contributed by atoms with van der Waals surface area (Å²) < 4.78 is 4.74. The van der Waals surface area contributed by atoms with Gasteiger partial charge in [-0.3, -0.25) is 9.98 Å². The van der Waals surface area contributed by atoms with Crippen LogP contribution in [-0.2, 0) is 16.1 Å². The SMILES string of the molecule is COC(=O)[C@@H](CC(C)C)N=Cc1c(CO)cnc(C)c1O. The van der Waals surface area contributed by atoms with Gasteiger partial charge >= 0.3 is 5.97 Å². The van der Waals surface area contributed by atoms with Crippen LogP contribution in [0.25, 0.3) is 0 Å². The number of aliphatic imine (C=N–C) groups is 1. The lowest BCUT2D eigenvalue weighted by Gasteiger charge is -2.13. The number of carbonyl (C=O) groups is 1. The van der Waals surface area contributed by atoms with Crippen LogP contribution in [0.5, 0.6) is 5.75 Å². The van der Waals surface area contributed by atoms with Crippen LogP contribution >= 0.6 is 0 Å². The quantitative estimate of drug-likeness (QED) is 0.614. The number of carbonyl (C=O) groups excluding carboxylic acids is 1. The largest absolute Gasteiger partial charge is 0.505 e. The molecule has 0 spiro atoms. The zero-order chi connectivity index (χ0) is 16.0. The Bertz CT molecular complexity index is 527. The number of hydrogen-bond acceptors (Lipinski definition) is 6. The summed E-state index contributed by atoms with van der Waals surface area (Å²) >= 11 is 0. The first-order valence-corrected chi connectivity index (χ1v) is 6.80. The maximum absolute atomic E-state index is 11.7. The third-order valence-corrected chi connectivity index (χ3v) is 3.08. The highest BCUT2D eigenvalue weighted by Crippen LogP contribution is 2.22. The van der Waals surface area contributed by atoms with Gasteiger partial charge in [0.2, 0.25) is 0 Å². The Morgan fingerprint density at radius 3 is 2.71 bits per heavy atom. The van der Waals surface area contributed by atoms with E-state index in [0.717, 1.165) is 0 Å². The van der Waals surface area contributed by atoms with Crippen LogP contribution in [0.4, 0.5) is 0 Å². The van der Waals surface area contributed by atoms with Crippen molar-refractivity contribution in [2.24, 2.45) is 10.9 Å². The van der Waals surface area contributed by atoms with Crippen LogP contribution in [0, 0.1) is 12.8 Å². The number of aliphatic hydroxyl groups is 1. The van der Waals surface area contributed by atoms with Gasteiger partial charge in [0.05, 0.1) is 19.4 Å². The Kier molecular flexibility index (Phi) is 6.30. The second-order valence-electron chi connectivity index (χ2n) is 5.24. The Hall–Kier alpha value is -1.95. The predicted octanol–water partition coefficient (Wildman–Crippen LogP) is 1.59. The third kappa shape index (κ3) is 4.53. The first-order chi connectivity index (χ1) is 9.90. The van der Waals surface area contributed by atoms with Crippen LogP contribution in [0.15, 0.2) is 11.2 Å². The van der Waals surface area contributed by atoms with Crippen molar-refractivity contribution in [2.75, 3.05) is 7.11 Å². The monoisotopic (exact) mass is 294 g/mol. The molecule has 6 nitrogen and oxygen atoms in total. The Balaban J connectivity index is 3.11. The summed E-state index contributed by atoms with van der Waals surface area (Å²) in [4.78, 5) is 19.9. The molecule has 1 aromatic rings. The molecule has 1 aromatic heterocycles. The molecule has 0 aromatic carbocycles. The molecule has 0 fully saturated rings. The standard InChI is InChI=1S/C15H22N2O4/c1-9(2)5-13(15(20)21-4)17-7-12-11(8-18)6-16-10(3)14(12)19/h6-7,9,13,18-19H,5,8H2,1-4H3/t13-/m1/s1. The maximum atomic E-state index is 11.7. The average molecular weight is 294 g/mol. The lowest BCUT2D eigenvalue weighted by molar-refractivity contribution is -0.142. The maximum Gasteiger partial charge on any atom is 0.330 e. The van der Waals surface area contributed by atoms with E-state index in [9.17, 15) is 15.0 Å². The smallest absolute Gasteiger partial charge is 0.330 e. The van der Waals surface area contributed by atoms with E-state index < -0.39 is 12.0 Å². The minimum absolute atomic E-state index is 0.0431. The molecule has 0 aliphatic carbocycles. The van der Waals surface area contributed by atoms with Gasteiger partial charge in [0, 0.05) is 23.5 Å². The molecule has 1 atom stereocenters. The van der Waals surface area contributed by atoms with Crippen LogP contribution in [0.2, 0.25) is 0 Å². The number of ether oxygens (including phenoxy) is 1. The summed E-state index contributed by atoms with van der Waals surface area (Å²) in [6.07, 6.45) is 3.42. The van der Waals surface area contributed by atoms with E-state index in [1.165, 1.54) is 19.5 Å². The molecule has 0 radical (unpaired) electrons. The number of aromatic nitrogens is 1. The summed E-state index contributed by atoms with van der Waals surface area (Å²) in [6, 6.07) is -0.630. The van der Waals surface area contributed by atoms with Crippen molar-refractivity contribution in [3.8, 4) is 5.75 Å². The van der Waals surface area contributed by atoms with E-state index in [4.69, 9.17) is 4.74 Å². The summed E-state index contributed by atoms with van der Waals surface area (Å²) in [5.41, 5.74) is 1.27. The van der Waals surface area contributed by atoms with Crippen molar-refractivity contribution < 1.29 is 19.7 Å². The van der Waals surface area contributed by atoms with Crippen molar-refractivity contribution in [1.29, 1.82) is 0 Å². The van der Waals surface area contributed by atoms with Gasteiger partial charge in [0.15, 0.2) is 0 Å². The molecule has 0 saturated carbocycles. The number of aromatic hydroxyl groups is 1. The minimum atomic E-state index is -0.630.